The smallest absolute Gasteiger partial charge is 0.319 e. The van der Waals surface area contributed by atoms with E-state index in [1.54, 1.807) is 25.4 Å². The minimum Gasteiger partial charge on any atom is -0.388 e. The van der Waals surface area contributed by atoms with Gasteiger partial charge < -0.3 is 20.3 Å². The summed E-state index contributed by atoms with van der Waals surface area (Å²) in [6, 6.07) is 2.79. The van der Waals surface area contributed by atoms with Crippen LogP contribution in [0.3, 0.4) is 0 Å². The van der Waals surface area contributed by atoms with E-state index in [0.29, 0.717) is 12.8 Å². The van der Waals surface area contributed by atoms with E-state index in [9.17, 15) is 14.7 Å². The van der Waals surface area contributed by atoms with Crippen LogP contribution in [0.5, 0.6) is 0 Å². The molecule has 0 radical (unpaired) electrons. The predicted molar refractivity (Wildman–Crippen MR) is 81.4 cm³/mol. The van der Waals surface area contributed by atoms with E-state index in [1.165, 1.54) is 4.57 Å². The number of anilines is 1. The van der Waals surface area contributed by atoms with E-state index >= 15 is 0 Å². The zero-order valence-corrected chi connectivity index (χ0v) is 12.4. The number of aliphatic hydroxyl groups is 1. The molecule has 1 aliphatic rings. The Morgan fingerprint density at radius 1 is 1.33 bits per heavy atom. The molecule has 1 fully saturated rings. The summed E-state index contributed by atoms with van der Waals surface area (Å²) in [6.07, 6.45) is 7.28. The van der Waals surface area contributed by atoms with Gasteiger partial charge in [-0.25, -0.2) is 4.79 Å². The van der Waals surface area contributed by atoms with Crippen LogP contribution in [-0.2, 0) is 7.05 Å². The summed E-state index contributed by atoms with van der Waals surface area (Å²) >= 11 is 0. The van der Waals surface area contributed by atoms with Gasteiger partial charge in [-0.3, -0.25) is 4.79 Å². The Balaban J connectivity index is 1.90. The van der Waals surface area contributed by atoms with Crippen molar-refractivity contribution in [1.82, 2.24) is 9.88 Å². The first-order valence-corrected chi connectivity index (χ1v) is 7.43. The van der Waals surface area contributed by atoms with Gasteiger partial charge in [0.05, 0.1) is 5.60 Å². The number of carbonyl (C=O) groups excluding carboxylic acids is 1. The Morgan fingerprint density at radius 2 is 2.00 bits per heavy atom. The predicted octanol–water partition coefficient (Wildman–Crippen LogP) is 1.59. The van der Waals surface area contributed by atoms with Crippen molar-refractivity contribution in [3.63, 3.8) is 0 Å². The Bertz CT molecular complexity index is 545. The van der Waals surface area contributed by atoms with E-state index < -0.39 is 11.6 Å². The minimum absolute atomic E-state index is 0.214. The maximum absolute atomic E-state index is 11.9. The monoisotopic (exact) mass is 293 g/mol. The summed E-state index contributed by atoms with van der Waals surface area (Å²) in [5.74, 6) is 0. The highest BCUT2D eigenvalue weighted by Crippen LogP contribution is 2.26. The Hall–Kier alpha value is -1.82. The van der Waals surface area contributed by atoms with Crippen molar-refractivity contribution in [2.24, 2.45) is 7.05 Å². The summed E-state index contributed by atoms with van der Waals surface area (Å²) in [6.45, 7) is 0.214. The lowest BCUT2D eigenvalue weighted by Gasteiger charge is -2.26. The summed E-state index contributed by atoms with van der Waals surface area (Å²) in [5.41, 5.74) is -0.860. The molecular weight excluding hydrogens is 270 g/mol. The SMILES string of the molecule is Cn1cccc(NC(=O)NCC2(O)CCCCCC2)c1=O. The second-order valence-electron chi connectivity index (χ2n) is 5.78. The quantitative estimate of drug-likeness (QED) is 0.740. The lowest BCUT2D eigenvalue weighted by molar-refractivity contribution is 0.0281. The minimum atomic E-state index is -0.824. The van der Waals surface area contributed by atoms with Crippen molar-refractivity contribution in [3.05, 3.63) is 28.7 Å². The van der Waals surface area contributed by atoms with Gasteiger partial charge in [0.2, 0.25) is 0 Å². The molecule has 1 aromatic heterocycles. The molecule has 0 aliphatic heterocycles. The molecule has 21 heavy (non-hydrogen) atoms. The van der Waals surface area contributed by atoms with Crippen LogP contribution in [0.15, 0.2) is 23.1 Å². The molecule has 6 heteroatoms. The average Bonchev–Trinajstić information content (AvgIpc) is 2.67. The fraction of sp³-hybridized carbons (Fsp3) is 0.600. The molecule has 0 bridgehead atoms. The Morgan fingerprint density at radius 3 is 2.67 bits per heavy atom. The lowest BCUT2D eigenvalue weighted by Crippen LogP contribution is -2.44. The Kier molecular flexibility index (Phi) is 5.01. The first-order chi connectivity index (χ1) is 10.0. The molecule has 0 atom stereocenters. The van der Waals surface area contributed by atoms with Crippen LogP contribution in [0.1, 0.15) is 38.5 Å². The normalized spacial score (nSPS) is 17.8. The molecule has 3 N–H and O–H groups in total. The highest BCUT2D eigenvalue weighted by Gasteiger charge is 2.28. The number of rotatable bonds is 3. The fourth-order valence-corrected chi connectivity index (χ4v) is 2.67. The first-order valence-electron chi connectivity index (χ1n) is 7.43. The van der Waals surface area contributed by atoms with E-state index in [1.807, 2.05) is 0 Å². The van der Waals surface area contributed by atoms with Gasteiger partial charge in [-0.2, -0.15) is 0 Å². The first kappa shape index (κ1) is 15.6. The molecule has 0 aromatic carbocycles. The molecule has 1 heterocycles. The number of pyridine rings is 1. The van der Waals surface area contributed by atoms with Crippen LogP contribution in [-0.4, -0.2) is 27.9 Å². The molecule has 116 valence electrons. The van der Waals surface area contributed by atoms with Gasteiger partial charge in [-0.05, 0) is 25.0 Å². The lowest BCUT2D eigenvalue weighted by atomic mass is 9.95. The molecule has 0 saturated heterocycles. The molecule has 0 spiro atoms. The number of carbonyl (C=O) groups is 1. The van der Waals surface area contributed by atoms with Crippen molar-refractivity contribution in [2.75, 3.05) is 11.9 Å². The third-order valence-electron chi connectivity index (χ3n) is 3.98. The van der Waals surface area contributed by atoms with Gasteiger partial charge in [0.1, 0.15) is 5.69 Å². The maximum Gasteiger partial charge on any atom is 0.319 e. The number of hydrogen-bond acceptors (Lipinski definition) is 3. The number of aromatic nitrogens is 1. The van der Waals surface area contributed by atoms with E-state index in [-0.39, 0.29) is 17.8 Å². The number of nitrogens with zero attached hydrogens (tertiary/aromatic N) is 1. The molecular formula is C15H23N3O3. The van der Waals surface area contributed by atoms with E-state index in [4.69, 9.17) is 0 Å². The van der Waals surface area contributed by atoms with E-state index in [2.05, 4.69) is 10.6 Å². The van der Waals surface area contributed by atoms with Crippen molar-refractivity contribution >= 4 is 11.7 Å². The van der Waals surface area contributed by atoms with Gasteiger partial charge in [0.15, 0.2) is 0 Å². The van der Waals surface area contributed by atoms with Crippen LogP contribution >= 0.6 is 0 Å². The second kappa shape index (κ2) is 6.76. The zero-order valence-electron chi connectivity index (χ0n) is 12.4. The molecule has 6 nitrogen and oxygen atoms in total. The molecule has 1 aliphatic carbocycles. The van der Waals surface area contributed by atoms with Crippen LogP contribution in [0.25, 0.3) is 0 Å². The third kappa shape index (κ3) is 4.32. The fourth-order valence-electron chi connectivity index (χ4n) is 2.67. The topological polar surface area (TPSA) is 83.4 Å². The number of nitrogens with one attached hydrogen (secondary N) is 2. The number of urea groups is 1. The average molecular weight is 293 g/mol. The summed E-state index contributed by atoms with van der Waals surface area (Å²) < 4.78 is 1.40. The highest BCUT2D eigenvalue weighted by molar-refractivity contribution is 5.88. The van der Waals surface area contributed by atoms with Gasteiger partial charge in [0.25, 0.3) is 5.56 Å². The zero-order chi connectivity index (χ0) is 15.3. The third-order valence-corrected chi connectivity index (χ3v) is 3.98. The van der Waals surface area contributed by atoms with Crippen LogP contribution in [0.4, 0.5) is 10.5 Å². The van der Waals surface area contributed by atoms with Gasteiger partial charge in [-0.15, -0.1) is 0 Å². The largest absolute Gasteiger partial charge is 0.388 e. The van der Waals surface area contributed by atoms with Crippen LogP contribution in [0, 0.1) is 0 Å². The van der Waals surface area contributed by atoms with Crippen molar-refractivity contribution < 1.29 is 9.90 Å². The van der Waals surface area contributed by atoms with Gasteiger partial charge in [-0.1, -0.05) is 25.7 Å². The number of aryl methyl sites for hydroxylation is 1. The van der Waals surface area contributed by atoms with Crippen molar-refractivity contribution in [3.8, 4) is 0 Å². The second-order valence-corrected chi connectivity index (χ2v) is 5.78. The Labute approximate surface area is 124 Å². The van der Waals surface area contributed by atoms with Crippen LogP contribution in [0.2, 0.25) is 0 Å². The molecule has 2 amide bonds. The molecule has 2 rings (SSSR count). The standard InChI is InChI=1S/C15H23N3O3/c1-18-10-6-7-12(13(18)19)17-14(20)16-11-15(21)8-4-2-3-5-9-15/h6-7,10,21H,2-5,8-9,11H2,1H3,(H2,16,17,20). The van der Waals surface area contributed by atoms with Crippen molar-refractivity contribution in [1.29, 1.82) is 0 Å². The highest BCUT2D eigenvalue weighted by atomic mass is 16.3. The van der Waals surface area contributed by atoms with E-state index in [0.717, 1.165) is 25.7 Å². The molecule has 0 unspecified atom stereocenters. The molecule has 1 aromatic rings. The summed E-state index contributed by atoms with van der Waals surface area (Å²) in [5, 5.41) is 15.7. The van der Waals surface area contributed by atoms with Crippen LogP contribution < -0.4 is 16.2 Å². The number of hydrogen-bond donors (Lipinski definition) is 3. The van der Waals surface area contributed by atoms with Crippen molar-refractivity contribution in [2.45, 2.75) is 44.1 Å². The summed E-state index contributed by atoms with van der Waals surface area (Å²) in [7, 11) is 1.62. The van der Waals surface area contributed by atoms with Gasteiger partial charge >= 0.3 is 6.03 Å². The maximum atomic E-state index is 11.9. The number of amides is 2. The van der Waals surface area contributed by atoms with Gasteiger partial charge in [0, 0.05) is 19.8 Å². The molecule has 1 saturated carbocycles. The summed E-state index contributed by atoms with van der Waals surface area (Å²) in [4.78, 5) is 23.7.